The molecule has 0 atom stereocenters. The Hall–Kier alpha value is -1.37. The van der Waals surface area contributed by atoms with Gasteiger partial charge in [0.1, 0.15) is 0 Å². The third-order valence-corrected chi connectivity index (χ3v) is 2.33. The van der Waals surface area contributed by atoms with Crippen molar-refractivity contribution in [1.82, 2.24) is 0 Å². The Morgan fingerprint density at radius 2 is 1.73 bits per heavy atom. The smallest absolute Gasteiger partial charge is 0.0567 e. The van der Waals surface area contributed by atoms with Crippen LogP contribution in [0.4, 0.5) is 0 Å². The zero-order valence-corrected chi connectivity index (χ0v) is 10.3. The van der Waals surface area contributed by atoms with Gasteiger partial charge in [0.05, 0.1) is 5.71 Å². The van der Waals surface area contributed by atoms with Crippen molar-refractivity contribution in [2.24, 2.45) is 4.99 Å². The quantitative estimate of drug-likeness (QED) is 0.471. The molecule has 0 fully saturated rings. The second-order valence-electron chi connectivity index (χ2n) is 3.52. The van der Waals surface area contributed by atoms with Crippen LogP contribution < -0.4 is 0 Å². The summed E-state index contributed by atoms with van der Waals surface area (Å²) in [5.41, 5.74) is 4.48. The van der Waals surface area contributed by atoms with Crippen molar-refractivity contribution in [2.75, 3.05) is 7.05 Å². The van der Waals surface area contributed by atoms with E-state index in [9.17, 15) is 0 Å². The Bertz CT molecular complexity index is 327. The number of hydrogen-bond donors (Lipinski definition) is 0. The average molecular weight is 203 g/mol. The molecule has 15 heavy (non-hydrogen) atoms. The fourth-order valence-corrected chi connectivity index (χ4v) is 1.07. The number of nitrogens with zero attached hydrogens (tertiary/aromatic N) is 1. The summed E-state index contributed by atoms with van der Waals surface area (Å²) in [6.45, 7) is 13.9. The Balaban J connectivity index is 4.85. The van der Waals surface area contributed by atoms with Gasteiger partial charge >= 0.3 is 0 Å². The van der Waals surface area contributed by atoms with Crippen molar-refractivity contribution < 1.29 is 0 Å². The Morgan fingerprint density at radius 3 is 2.13 bits per heavy atom. The van der Waals surface area contributed by atoms with Crippen LogP contribution >= 0.6 is 0 Å². The van der Waals surface area contributed by atoms with E-state index in [0.717, 1.165) is 17.7 Å². The van der Waals surface area contributed by atoms with E-state index in [4.69, 9.17) is 0 Å². The molecule has 0 radical (unpaired) electrons. The van der Waals surface area contributed by atoms with Crippen molar-refractivity contribution in [3.63, 3.8) is 0 Å². The Labute approximate surface area is 93.6 Å². The SMILES string of the molecule is C=CC(/C=C(C)/C(C)=C/C(=C)CC)=NC. The summed E-state index contributed by atoms with van der Waals surface area (Å²) in [5.74, 6) is 0. The minimum absolute atomic E-state index is 0.905. The van der Waals surface area contributed by atoms with Crippen molar-refractivity contribution in [1.29, 1.82) is 0 Å². The van der Waals surface area contributed by atoms with Gasteiger partial charge in [0.15, 0.2) is 0 Å². The van der Waals surface area contributed by atoms with Crippen molar-refractivity contribution in [3.05, 3.63) is 48.1 Å². The van der Waals surface area contributed by atoms with Gasteiger partial charge in [-0.3, -0.25) is 4.99 Å². The van der Waals surface area contributed by atoms with Crippen LogP contribution in [0, 0.1) is 0 Å². The first kappa shape index (κ1) is 13.6. The molecule has 0 saturated carbocycles. The van der Waals surface area contributed by atoms with Gasteiger partial charge in [0.25, 0.3) is 0 Å². The van der Waals surface area contributed by atoms with E-state index in [0.29, 0.717) is 0 Å². The van der Waals surface area contributed by atoms with Gasteiger partial charge in [-0.15, -0.1) is 0 Å². The highest BCUT2D eigenvalue weighted by Crippen LogP contribution is 2.12. The van der Waals surface area contributed by atoms with Gasteiger partial charge in [-0.05, 0) is 43.6 Å². The molecule has 0 aromatic heterocycles. The van der Waals surface area contributed by atoms with Gasteiger partial charge in [-0.25, -0.2) is 0 Å². The standard InChI is InChI=1S/C14H21N/c1-7-11(3)9-12(4)13(5)10-14(8-2)15-6/h8-10H,2-3,7H2,1,4-6H3/b12-9+,13-10+,15-14?. The third-order valence-electron chi connectivity index (χ3n) is 2.33. The maximum Gasteiger partial charge on any atom is 0.0567 e. The second kappa shape index (κ2) is 6.99. The first-order chi connectivity index (χ1) is 7.04. The lowest BCUT2D eigenvalue weighted by molar-refractivity contribution is 1.15. The summed E-state index contributed by atoms with van der Waals surface area (Å²) < 4.78 is 0. The van der Waals surface area contributed by atoms with Crippen LogP contribution in [-0.4, -0.2) is 12.8 Å². The molecule has 0 heterocycles. The van der Waals surface area contributed by atoms with E-state index in [-0.39, 0.29) is 0 Å². The maximum absolute atomic E-state index is 4.10. The van der Waals surface area contributed by atoms with Crippen LogP contribution in [0.2, 0.25) is 0 Å². The second-order valence-corrected chi connectivity index (χ2v) is 3.52. The van der Waals surface area contributed by atoms with E-state index in [1.807, 2.05) is 6.08 Å². The highest BCUT2D eigenvalue weighted by molar-refractivity contribution is 6.04. The van der Waals surface area contributed by atoms with Crippen LogP contribution in [0.5, 0.6) is 0 Å². The molecule has 0 spiro atoms. The lowest BCUT2D eigenvalue weighted by Crippen LogP contribution is -1.90. The van der Waals surface area contributed by atoms with Crippen LogP contribution in [0.1, 0.15) is 27.2 Å². The molecule has 0 saturated heterocycles. The number of allylic oxidation sites excluding steroid dienone is 6. The molecule has 1 nitrogen and oxygen atoms in total. The fraction of sp³-hybridized carbons (Fsp3) is 0.357. The third kappa shape index (κ3) is 5.16. The Kier molecular flexibility index (Phi) is 6.35. The molecule has 0 amide bonds. The van der Waals surface area contributed by atoms with E-state index >= 15 is 0 Å². The predicted octanol–water partition coefficient (Wildman–Crippen LogP) is 4.10. The monoisotopic (exact) mass is 203 g/mol. The minimum atomic E-state index is 0.905. The van der Waals surface area contributed by atoms with Gasteiger partial charge in [-0.1, -0.05) is 31.7 Å². The molecule has 0 rings (SSSR count). The van der Waals surface area contributed by atoms with Crippen LogP contribution in [0.3, 0.4) is 0 Å². The summed E-state index contributed by atoms with van der Waals surface area (Å²) in [6, 6.07) is 0. The van der Waals surface area contributed by atoms with E-state index in [1.54, 1.807) is 13.1 Å². The molecule has 0 aliphatic carbocycles. The zero-order valence-electron chi connectivity index (χ0n) is 10.3. The molecular formula is C14H21N. The van der Waals surface area contributed by atoms with Crippen molar-refractivity contribution >= 4 is 5.71 Å². The lowest BCUT2D eigenvalue weighted by Gasteiger charge is -2.03. The largest absolute Gasteiger partial charge is 0.289 e. The molecule has 0 aliphatic heterocycles. The van der Waals surface area contributed by atoms with E-state index < -0.39 is 0 Å². The number of aliphatic imine (C=N–C) groups is 1. The molecule has 0 bridgehead atoms. The van der Waals surface area contributed by atoms with Gasteiger partial charge in [-0.2, -0.15) is 0 Å². The minimum Gasteiger partial charge on any atom is -0.289 e. The maximum atomic E-state index is 4.10. The van der Waals surface area contributed by atoms with Crippen molar-refractivity contribution in [3.8, 4) is 0 Å². The molecule has 82 valence electrons. The highest BCUT2D eigenvalue weighted by Gasteiger charge is 1.95. The van der Waals surface area contributed by atoms with Crippen molar-refractivity contribution in [2.45, 2.75) is 27.2 Å². The number of hydrogen-bond acceptors (Lipinski definition) is 1. The number of rotatable bonds is 5. The normalized spacial score (nSPS) is 14.0. The first-order valence-corrected chi connectivity index (χ1v) is 5.19. The van der Waals surface area contributed by atoms with Gasteiger partial charge < -0.3 is 0 Å². The highest BCUT2D eigenvalue weighted by atomic mass is 14.7. The van der Waals surface area contributed by atoms with Crippen LogP contribution in [0.15, 0.2) is 53.1 Å². The topological polar surface area (TPSA) is 12.4 Å². The molecule has 0 N–H and O–H groups in total. The zero-order chi connectivity index (χ0) is 11.8. The predicted molar refractivity (Wildman–Crippen MR) is 70.5 cm³/mol. The Morgan fingerprint density at radius 1 is 1.20 bits per heavy atom. The molecule has 1 heteroatoms. The van der Waals surface area contributed by atoms with Crippen LogP contribution in [0.25, 0.3) is 0 Å². The van der Waals surface area contributed by atoms with E-state index in [2.05, 4.69) is 45.0 Å². The van der Waals surface area contributed by atoms with Gasteiger partial charge in [0.2, 0.25) is 0 Å². The average Bonchev–Trinajstić information content (AvgIpc) is 2.24. The summed E-state index contributed by atoms with van der Waals surface area (Å²) in [6.07, 6.45) is 6.89. The summed E-state index contributed by atoms with van der Waals surface area (Å²) in [5, 5.41) is 0. The molecular weight excluding hydrogens is 182 g/mol. The van der Waals surface area contributed by atoms with Gasteiger partial charge in [0, 0.05) is 7.05 Å². The summed E-state index contributed by atoms with van der Waals surface area (Å²) in [4.78, 5) is 4.10. The lowest BCUT2D eigenvalue weighted by atomic mass is 10.0. The fourth-order valence-electron chi connectivity index (χ4n) is 1.07. The first-order valence-electron chi connectivity index (χ1n) is 5.19. The molecule has 0 aliphatic rings. The van der Waals surface area contributed by atoms with E-state index in [1.165, 1.54) is 11.1 Å². The van der Waals surface area contributed by atoms with Crippen LogP contribution in [-0.2, 0) is 0 Å². The molecule has 0 aromatic carbocycles. The summed E-state index contributed by atoms with van der Waals surface area (Å²) >= 11 is 0. The molecule has 0 unspecified atom stereocenters. The molecule has 0 aromatic rings. The summed E-state index contributed by atoms with van der Waals surface area (Å²) in [7, 11) is 1.77.